The molecule has 0 bridgehead atoms. The van der Waals surface area contributed by atoms with E-state index in [0.717, 1.165) is 0 Å². The molecule has 0 spiro atoms. The molecule has 0 atom stereocenters. The van der Waals surface area contributed by atoms with Gasteiger partial charge in [0.15, 0.2) is 0 Å². The number of alkyl halides is 2. The van der Waals surface area contributed by atoms with E-state index in [2.05, 4.69) is 10.5 Å². The second-order valence-corrected chi connectivity index (χ2v) is 1.52. The molecule has 0 aliphatic heterocycles. The molecular formula is C4H2F5NO2. The molecule has 0 aliphatic rings. The van der Waals surface area contributed by atoms with Gasteiger partial charge < -0.3 is 10.5 Å². The third kappa shape index (κ3) is 2.72. The Balaban J connectivity index is 4.46. The lowest BCUT2D eigenvalue weighted by molar-refractivity contribution is -0.221. The summed E-state index contributed by atoms with van der Waals surface area (Å²) < 4.78 is 60.2. The summed E-state index contributed by atoms with van der Waals surface area (Å²) in [5.41, 5.74) is 3.97. The number of ether oxygens (including phenoxy) is 1. The predicted octanol–water partition coefficient (Wildman–Crippen LogP) is 1.12. The zero-order chi connectivity index (χ0) is 9.94. The minimum atomic E-state index is -4.77. The van der Waals surface area contributed by atoms with E-state index in [1.54, 1.807) is 0 Å². The summed E-state index contributed by atoms with van der Waals surface area (Å²) in [6.45, 7) is 0. The van der Waals surface area contributed by atoms with Crippen molar-refractivity contribution in [1.82, 2.24) is 0 Å². The van der Waals surface area contributed by atoms with Crippen molar-refractivity contribution in [3.05, 3.63) is 12.1 Å². The van der Waals surface area contributed by atoms with Gasteiger partial charge in [0, 0.05) is 0 Å². The van der Waals surface area contributed by atoms with Gasteiger partial charge in [0.1, 0.15) is 0 Å². The number of nitrogens with two attached hydrogens (primary N) is 1. The van der Waals surface area contributed by atoms with Crippen molar-refractivity contribution < 1.29 is 31.5 Å². The molecule has 0 aromatic heterocycles. The molecule has 0 rings (SSSR count). The Labute approximate surface area is 62.6 Å². The van der Waals surface area contributed by atoms with Crippen LogP contribution in [0.5, 0.6) is 0 Å². The molecule has 0 saturated carbocycles. The van der Waals surface area contributed by atoms with Gasteiger partial charge in [-0.2, -0.15) is 22.0 Å². The van der Waals surface area contributed by atoms with Gasteiger partial charge in [-0.25, -0.2) is 0 Å². The van der Waals surface area contributed by atoms with Crippen LogP contribution >= 0.6 is 0 Å². The van der Waals surface area contributed by atoms with Gasteiger partial charge in [-0.1, -0.05) is 0 Å². The monoisotopic (exact) mass is 191 g/mol. The lowest BCUT2D eigenvalue weighted by atomic mass is 10.6. The fourth-order valence-corrected chi connectivity index (χ4v) is 0.201. The number of hydrogen-bond acceptors (Lipinski definition) is 2. The third-order valence-electron chi connectivity index (χ3n) is 0.653. The van der Waals surface area contributed by atoms with E-state index in [0.29, 0.717) is 0 Å². The first-order chi connectivity index (χ1) is 5.27. The summed E-state index contributed by atoms with van der Waals surface area (Å²) in [6, 6.07) is -2.83. The van der Waals surface area contributed by atoms with Crippen LogP contribution in [0.4, 0.5) is 22.0 Å². The number of hydrogen-bond donors (Lipinski definition) is 1. The standard InChI is InChI=1S/C4H2F5NO2/c5-1(6)2(7)12-4(8,9)3(10)11/h(H2,10,11). The van der Waals surface area contributed by atoms with Gasteiger partial charge in [-0.3, -0.25) is 4.79 Å². The van der Waals surface area contributed by atoms with Gasteiger partial charge in [0.05, 0.1) is 0 Å². The van der Waals surface area contributed by atoms with E-state index in [1.165, 1.54) is 0 Å². The molecule has 0 aromatic carbocycles. The number of primary amides is 1. The van der Waals surface area contributed by atoms with Gasteiger partial charge >= 0.3 is 24.1 Å². The normalized spacial score (nSPS) is 10.8. The van der Waals surface area contributed by atoms with Crippen molar-refractivity contribution in [2.24, 2.45) is 5.73 Å². The number of rotatable bonds is 3. The van der Waals surface area contributed by atoms with Crippen LogP contribution in [0.25, 0.3) is 0 Å². The molecule has 0 aromatic rings. The Morgan fingerprint density at radius 3 is 1.92 bits per heavy atom. The Kier molecular flexibility index (Phi) is 2.99. The van der Waals surface area contributed by atoms with Crippen LogP contribution < -0.4 is 5.73 Å². The van der Waals surface area contributed by atoms with Crippen LogP contribution in [0.15, 0.2) is 12.1 Å². The van der Waals surface area contributed by atoms with Crippen molar-refractivity contribution in [3.63, 3.8) is 0 Å². The van der Waals surface area contributed by atoms with Crippen molar-refractivity contribution >= 4 is 5.91 Å². The van der Waals surface area contributed by atoms with E-state index >= 15 is 0 Å². The van der Waals surface area contributed by atoms with Crippen molar-refractivity contribution in [2.45, 2.75) is 6.11 Å². The maximum Gasteiger partial charge on any atom is 0.483 e. The summed E-state index contributed by atoms with van der Waals surface area (Å²) in [6.07, 6.45) is -7.87. The topological polar surface area (TPSA) is 52.3 Å². The average Bonchev–Trinajstić information content (AvgIpc) is 1.85. The Morgan fingerprint density at radius 1 is 1.25 bits per heavy atom. The molecule has 8 heteroatoms. The quantitative estimate of drug-likeness (QED) is 0.536. The van der Waals surface area contributed by atoms with E-state index in [9.17, 15) is 26.7 Å². The minimum absolute atomic E-state index is 2.36. The molecular weight excluding hydrogens is 189 g/mol. The molecule has 0 saturated heterocycles. The highest BCUT2D eigenvalue weighted by molar-refractivity contribution is 5.80. The van der Waals surface area contributed by atoms with Crippen LogP contribution in [-0.2, 0) is 9.53 Å². The zero-order valence-electron chi connectivity index (χ0n) is 5.28. The zero-order valence-corrected chi connectivity index (χ0v) is 5.28. The Hall–Kier alpha value is -1.34. The SMILES string of the molecule is NC(=O)C(F)(F)OC(F)=C(F)F. The average molecular weight is 191 g/mol. The van der Waals surface area contributed by atoms with Crippen LogP contribution in [-0.4, -0.2) is 12.0 Å². The first kappa shape index (κ1) is 10.7. The summed E-state index contributed by atoms with van der Waals surface area (Å²) >= 11 is 0. The van der Waals surface area contributed by atoms with Gasteiger partial charge in [-0.15, -0.1) is 0 Å². The first-order valence-corrected chi connectivity index (χ1v) is 2.35. The van der Waals surface area contributed by atoms with Crippen molar-refractivity contribution in [2.75, 3.05) is 0 Å². The van der Waals surface area contributed by atoms with Gasteiger partial charge in [0.25, 0.3) is 0 Å². The van der Waals surface area contributed by atoms with E-state index in [4.69, 9.17) is 0 Å². The molecule has 2 N–H and O–H groups in total. The third-order valence-corrected chi connectivity index (χ3v) is 0.653. The summed E-state index contributed by atoms with van der Waals surface area (Å²) in [7, 11) is 0. The highest BCUT2D eigenvalue weighted by Crippen LogP contribution is 2.22. The highest BCUT2D eigenvalue weighted by Gasteiger charge is 2.41. The predicted molar refractivity (Wildman–Crippen MR) is 25.6 cm³/mol. The Bertz CT molecular complexity index is 221. The molecule has 0 radical (unpaired) electrons. The molecule has 1 amide bonds. The number of carbonyl (C=O) groups excluding carboxylic acids is 1. The maximum atomic E-state index is 11.9. The smallest absolute Gasteiger partial charge is 0.395 e. The second kappa shape index (κ2) is 3.37. The molecule has 3 nitrogen and oxygen atoms in total. The van der Waals surface area contributed by atoms with Crippen molar-refractivity contribution in [3.8, 4) is 0 Å². The van der Waals surface area contributed by atoms with Crippen LogP contribution in [0, 0.1) is 0 Å². The van der Waals surface area contributed by atoms with Crippen molar-refractivity contribution in [1.29, 1.82) is 0 Å². The number of amides is 1. The molecule has 0 unspecified atom stereocenters. The second-order valence-electron chi connectivity index (χ2n) is 1.52. The summed E-state index contributed by atoms with van der Waals surface area (Å²) in [5.74, 6) is -2.36. The number of halogens is 5. The van der Waals surface area contributed by atoms with Crippen LogP contribution in [0.2, 0.25) is 0 Å². The lowest BCUT2D eigenvalue weighted by Gasteiger charge is -2.10. The fraction of sp³-hybridized carbons (Fsp3) is 0.250. The molecule has 12 heavy (non-hydrogen) atoms. The first-order valence-electron chi connectivity index (χ1n) is 2.35. The molecule has 0 aliphatic carbocycles. The highest BCUT2D eigenvalue weighted by atomic mass is 19.3. The van der Waals surface area contributed by atoms with Crippen LogP contribution in [0.3, 0.4) is 0 Å². The van der Waals surface area contributed by atoms with Gasteiger partial charge in [-0.05, 0) is 0 Å². The van der Waals surface area contributed by atoms with E-state index in [1.807, 2.05) is 0 Å². The lowest BCUT2D eigenvalue weighted by Crippen LogP contribution is -2.37. The fourth-order valence-electron chi connectivity index (χ4n) is 0.201. The Morgan fingerprint density at radius 2 is 1.67 bits per heavy atom. The molecule has 0 fully saturated rings. The van der Waals surface area contributed by atoms with E-state index in [-0.39, 0.29) is 0 Å². The summed E-state index contributed by atoms with van der Waals surface area (Å²) in [5, 5.41) is 0. The van der Waals surface area contributed by atoms with Gasteiger partial charge in [0.2, 0.25) is 0 Å². The number of carbonyl (C=O) groups is 1. The van der Waals surface area contributed by atoms with Crippen LogP contribution in [0.1, 0.15) is 0 Å². The molecule has 70 valence electrons. The maximum absolute atomic E-state index is 11.9. The molecule has 0 heterocycles. The minimum Gasteiger partial charge on any atom is -0.395 e. The summed E-state index contributed by atoms with van der Waals surface area (Å²) in [4.78, 5) is 9.69. The van der Waals surface area contributed by atoms with E-state index < -0.39 is 24.1 Å². The largest absolute Gasteiger partial charge is 0.483 e.